The molecule has 2 rings (SSSR count). The summed E-state index contributed by atoms with van der Waals surface area (Å²) in [6.07, 6.45) is 1.42. The predicted octanol–water partition coefficient (Wildman–Crippen LogP) is 1.64. The summed E-state index contributed by atoms with van der Waals surface area (Å²) in [7, 11) is 3.29. The molecule has 0 spiro atoms. The maximum absolute atomic E-state index is 12.4. The fourth-order valence-electron chi connectivity index (χ4n) is 2.62. The van der Waals surface area contributed by atoms with E-state index in [1.54, 1.807) is 14.2 Å². The Balaban J connectivity index is 0.00000242. The van der Waals surface area contributed by atoms with Gasteiger partial charge >= 0.3 is 0 Å². The van der Waals surface area contributed by atoms with E-state index in [2.05, 4.69) is 10.6 Å². The Labute approximate surface area is 138 Å². The number of piperidine rings is 1. The average Bonchev–Trinajstić information content (AvgIpc) is 2.55. The van der Waals surface area contributed by atoms with Gasteiger partial charge in [0, 0.05) is 20.8 Å². The highest BCUT2D eigenvalue weighted by Crippen LogP contribution is 2.22. The summed E-state index contributed by atoms with van der Waals surface area (Å²) in [5.41, 5.74) is 1.52. The SMILES string of the molecule is COCc1ccc(CNC(=O)C2(OC)CCNCC2)cc1.Cl. The average molecular weight is 329 g/mol. The first kappa shape index (κ1) is 18.9. The number of halogens is 1. The number of benzene rings is 1. The third-order valence-corrected chi connectivity index (χ3v) is 4.00. The van der Waals surface area contributed by atoms with Crippen molar-refractivity contribution in [1.82, 2.24) is 10.6 Å². The van der Waals surface area contributed by atoms with E-state index in [1.165, 1.54) is 0 Å². The molecule has 1 aliphatic rings. The van der Waals surface area contributed by atoms with Gasteiger partial charge in [0.1, 0.15) is 5.60 Å². The zero-order valence-corrected chi connectivity index (χ0v) is 14.0. The Morgan fingerprint density at radius 2 is 1.77 bits per heavy atom. The lowest BCUT2D eigenvalue weighted by Gasteiger charge is -2.34. The summed E-state index contributed by atoms with van der Waals surface area (Å²) in [6.45, 7) is 2.75. The van der Waals surface area contributed by atoms with Crippen LogP contribution in [0.3, 0.4) is 0 Å². The van der Waals surface area contributed by atoms with E-state index in [0.29, 0.717) is 26.0 Å². The van der Waals surface area contributed by atoms with E-state index in [4.69, 9.17) is 9.47 Å². The van der Waals surface area contributed by atoms with Gasteiger partial charge in [-0.05, 0) is 37.1 Å². The van der Waals surface area contributed by atoms with E-state index >= 15 is 0 Å². The maximum Gasteiger partial charge on any atom is 0.252 e. The second kappa shape index (κ2) is 9.10. The number of hydrogen-bond donors (Lipinski definition) is 2. The quantitative estimate of drug-likeness (QED) is 0.833. The van der Waals surface area contributed by atoms with E-state index < -0.39 is 5.60 Å². The first-order valence-electron chi connectivity index (χ1n) is 7.31. The van der Waals surface area contributed by atoms with Crippen LogP contribution in [0.4, 0.5) is 0 Å². The minimum atomic E-state index is -0.679. The van der Waals surface area contributed by atoms with Crippen molar-refractivity contribution in [3.63, 3.8) is 0 Å². The molecule has 22 heavy (non-hydrogen) atoms. The molecule has 1 aliphatic heterocycles. The molecule has 1 fully saturated rings. The predicted molar refractivity (Wildman–Crippen MR) is 88.1 cm³/mol. The lowest BCUT2D eigenvalue weighted by molar-refractivity contribution is -0.146. The molecule has 1 aromatic carbocycles. The van der Waals surface area contributed by atoms with Crippen LogP contribution >= 0.6 is 12.4 Å². The van der Waals surface area contributed by atoms with E-state index in [1.807, 2.05) is 24.3 Å². The van der Waals surface area contributed by atoms with E-state index in [-0.39, 0.29) is 18.3 Å². The summed E-state index contributed by atoms with van der Waals surface area (Å²) in [4.78, 5) is 12.4. The molecular formula is C16H25ClN2O3. The summed E-state index contributed by atoms with van der Waals surface area (Å²) < 4.78 is 10.6. The van der Waals surface area contributed by atoms with Crippen molar-refractivity contribution in [2.24, 2.45) is 0 Å². The van der Waals surface area contributed by atoms with Crippen LogP contribution in [-0.2, 0) is 27.4 Å². The number of rotatable bonds is 6. The lowest BCUT2D eigenvalue weighted by atomic mass is 9.91. The number of ether oxygens (including phenoxy) is 2. The highest BCUT2D eigenvalue weighted by Gasteiger charge is 2.39. The van der Waals surface area contributed by atoms with Gasteiger partial charge in [0.2, 0.25) is 0 Å². The molecule has 0 aliphatic carbocycles. The first-order valence-corrected chi connectivity index (χ1v) is 7.31. The molecule has 0 bridgehead atoms. The van der Waals surface area contributed by atoms with Crippen LogP contribution in [0.1, 0.15) is 24.0 Å². The van der Waals surface area contributed by atoms with Gasteiger partial charge in [-0.15, -0.1) is 12.4 Å². The smallest absolute Gasteiger partial charge is 0.252 e. The van der Waals surface area contributed by atoms with E-state index in [0.717, 1.165) is 24.2 Å². The van der Waals surface area contributed by atoms with Crippen LogP contribution in [0.5, 0.6) is 0 Å². The van der Waals surface area contributed by atoms with Crippen molar-refractivity contribution in [1.29, 1.82) is 0 Å². The van der Waals surface area contributed by atoms with Crippen molar-refractivity contribution >= 4 is 18.3 Å². The summed E-state index contributed by atoms with van der Waals surface area (Å²) >= 11 is 0. The fourth-order valence-corrected chi connectivity index (χ4v) is 2.62. The third kappa shape index (κ3) is 4.68. The first-order chi connectivity index (χ1) is 10.2. The van der Waals surface area contributed by atoms with Crippen LogP contribution in [-0.4, -0.2) is 38.8 Å². The monoisotopic (exact) mass is 328 g/mol. The molecule has 1 aromatic rings. The zero-order chi connectivity index (χ0) is 15.1. The summed E-state index contributed by atoms with van der Waals surface area (Å²) in [5, 5.41) is 6.24. The Morgan fingerprint density at radius 3 is 2.32 bits per heavy atom. The van der Waals surface area contributed by atoms with Crippen LogP contribution in [0.2, 0.25) is 0 Å². The van der Waals surface area contributed by atoms with Crippen molar-refractivity contribution in [2.45, 2.75) is 31.6 Å². The van der Waals surface area contributed by atoms with Crippen molar-refractivity contribution in [3.8, 4) is 0 Å². The highest BCUT2D eigenvalue weighted by molar-refractivity contribution is 5.85. The second-order valence-electron chi connectivity index (χ2n) is 5.38. The molecule has 0 saturated carbocycles. The van der Waals surface area contributed by atoms with E-state index in [9.17, 15) is 4.79 Å². The minimum Gasteiger partial charge on any atom is -0.380 e. The van der Waals surface area contributed by atoms with Gasteiger partial charge in [-0.2, -0.15) is 0 Å². The van der Waals surface area contributed by atoms with Gasteiger partial charge in [-0.1, -0.05) is 24.3 Å². The molecule has 1 heterocycles. The van der Waals surface area contributed by atoms with Gasteiger partial charge in [-0.3, -0.25) is 4.79 Å². The Morgan fingerprint density at radius 1 is 1.18 bits per heavy atom. The van der Waals surface area contributed by atoms with Gasteiger partial charge < -0.3 is 20.1 Å². The Bertz CT molecular complexity index is 459. The topological polar surface area (TPSA) is 59.6 Å². The molecule has 1 amide bonds. The number of carbonyl (C=O) groups excluding carboxylic acids is 1. The molecule has 2 N–H and O–H groups in total. The van der Waals surface area contributed by atoms with Crippen molar-refractivity contribution in [3.05, 3.63) is 35.4 Å². The summed E-state index contributed by atoms with van der Waals surface area (Å²) in [6, 6.07) is 8.05. The lowest BCUT2D eigenvalue weighted by Crippen LogP contribution is -2.53. The zero-order valence-electron chi connectivity index (χ0n) is 13.2. The van der Waals surface area contributed by atoms with Gasteiger partial charge in [0.15, 0.2) is 0 Å². The van der Waals surface area contributed by atoms with Gasteiger partial charge in [0.25, 0.3) is 5.91 Å². The molecule has 0 unspecified atom stereocenters. The molecule has 0 radical (unpaired) electrons. The number of amides is 1. The Hall–Kier alpha value is -1.14. The Kier molecular flexibility index (Phi) is 7.82. The largest absolute Gasteiger partial charge is 0.380 e. The number of hydrogen-bond acceptors (Lipinski definition) is 4. The molecular weight excluding hydrogens is 304 g/mol. The highest BCUT2D eigenvalue weighted by atomic mass is 35.5. The van der Waals surface area contributed by atoms with Crippen LogP contribution in [0.15, 0.2) is 24.3 Å². The normalized spacial score (nSPS) is 16.6. The summed E-state index contributed by atoms with van der Waals surface area (Å²) in [5.74, 6) is -0.0209. The third-order valence-electron chi connectivity index (χ3n) is 4.00. The molecule has 124 valence electrons. The second-order valence-corrected chi connectivity index (χ2v) is 5.38. The van der Waals surface area contributed by atoms with Crippen LogP contribution < -0.4 is 10.6 Å². The van der Waals surface area contributed by atoms with Crippen molar-refractivity contribution in [2.75, 3.05) is 27.3 Å². The molecule has 1 saturated heterocycles. The molecule has 5 nitrogen and oxygen atoms in total. The van der Waals surface area contributed by atoms with Crippen molar-refractivity contribution < 1.29 is 14.3 Å². The number of nitrogens with one attached hydrogen (secondary N) is 2. The fraction of sp³-hybridized carbons (Fsp3) is 0.562. The van der Waals surface area contributed by atoms with Gasteiger partial charge in [0.05, 0.1) is 6.61 Å². The van der Waals surface area contributed by atoms with Crippen LogP contribution in [0.25, 0.3) is 0 Å². The molecule has 6 heteroatoms. The minimum absolute atomic E-state index is 0. The number of carbonyl (C=O) groups is 1. The standard InChI is InChI=1S/C16H24N2O3.ClH/c1-20-12-14-5-3-13(4-6-14)11-18-15(19)16(21-2)7-9-17-10-8-16;/h3-6,17H,7-12H2,1-2H3,(H,18,19);1H. The maximum atomic E-state index is 12.4. The molecule has 0 atom stereocenters. The molecule has 0 aromatic heterocycles. The number of methoxy groups -OCH3 is 2. The van der Waals surface area contributed by atoms with Gasteiger partial charge in [-0.25, -0.2) is 0 Å². The van der Waals surface area contributed by atoms with Crippen LogP contribution in [0, 0.1) is 0 Å².